The van der Waals surface area contributed by atoms with Crippen molar-refractivity contribution < 1.29 is 28.6 Å². The zero-order valence-electron chi connectivity index (χ0n) is 17.3. The number of carboxylic acid groups (broad SMARTS) is 1. The number of carbonyl (C=O) groups is 3. The Kier molecular flexibility index (Phi) is 5.89. The molecule has 4 rings (SSSR count). The summed E-state index contributed by atoms with van der Waals surface area (Å²) in [6.07, 6.45) is 0.400. The SMILES string of the molecule is CN(CC(=O)O)C(=O)c1ncoc1CNC(=O)OCC1c2ccccc2-c2ccccc21. The van der Waals surface area contributed by atoms with Crippen molar-refractivity contribution in [1.82, 2.24) is 15.2 Å². The van der Waals surface area contributed by atoms with E-state index in [2.05, 4.69) is 22.4 Å². The zero-order chi connectivity index (χ0) is 22.7. The molecule has 164 valence electrons. The monoisotopic (exact) mass is 435 g/mol. The molecule has 2 aromatic carbocycles. The summed E-state index contributed by atoms with van der Waals surface area (Å²) in [7, 11) is 1.34. The fourth-order valence-corrected chi connectivity index (χ4v) is 3.83. The maximum absolute atomic E-state index is 12.3. The molecule has 0 atom stereocenters. The van der Waals surface area contributed by atoms with E-state index in [1.165, 1.54) is 7.05 Å². The molecule has 0 radical (unpaired) electrons. The van der Waals surface area contributed by atoms with Gasteiger partial charge in [-0.2, -0.15) is 0 Å². The van der Waals surface area contributed by atoms with E-state index in [1.807, 2.05) is 36.4 Å². The lowest BCUT2D eigenvalue weighted by Gasteiger charge is -2.15. The number of amides is 2. The Morgan fingerprint density at radius 3 is 2.34 bits per heavy atom. The van der Waals surface area contributed by atoms with Gasteiger partial charge in [0.15, 0.2) is 17.8 Å². The minimum atomic E-state index is -1.15. The van der Waals surface area contributed by atoms with Gasteiger partial charge in [0.25, 0.3) is 5.91 Å². The topological polar surface area (TPSA) is 122 Å². The van der Waals surface area contributed by atoms with Crippen LogP contribution in [0.3, 0.4) is 0 Å². The molecule has 0 spiro atoms. The van der Waals surface area contributed by atoms with Gasteiger partial charge in [-0.15, -0.1) is 0 Å². The lowest BCUT2D eigenvalue weighted by Crippen LogP contribution is -2.33. The summed E-state index contributed by atoms with van der Waals surface area (Å²) in [5.74, 6) is -1.73. The fraction of sp³-hybridized carbons (Fsp3) is 0.217. The zero-order valence-corrected chi connectivity index (χ0v) is 17.3. The number of carboxylic acids is 1. The standard InChI is InChI=1S/C23H21N3O6/c1-26(11-20(27)28)22(29)21-19(32-13-25-21)10-24-23(30)31-12-18-16-8-4-2-6-14(16)15-7-3-5-9-17(15)18/h2-9,13,18H,10-12H2,1H3,(H,24,30)(H,27,28). The predicted octanol–water partition coefficient (Wildman–Crippen LogP) is 2.87. The highest BCUT2D eigenvalue weighted by Crippen LogP contribution is 2.44. The van der Waals surface area contributed by atoms with Gasteiger partial charge in [-0.05, 0) is 22.3 Å². The number of nitrogens with zero attached hydrogens (tertiary/aromatic N) is 2. The first kappa shape index (κ1) is 21.1. The third-order valence-corrected chi connectivity index (χ3v) is 5.30. The van der Waals surface area contributed by atoms with Gasteiger partial charge in [-0.25, -0.2) is 9.78 Å². The Bertz CT molecular complexity index is 1130. The van der Waals surface area contributed by atoms with Gasteiger partial charge in [0.2, 0.25) is 0 Å². The van der Waals surface area contributed by atoms with Crippen LogP contribution in [0.15, 0.2) is 59.3 Å². The molecule has 0 unspecified atom stereocenters. The number of ether oxygens (including phenoxy) is 1. The first-order valence-corrected chi connectivity index (χ1v) is 9.94. The summed E-state index contributed by atoms with van der Waals surface area (Å²) in [6, 6.07) is 16.0. The molecule has 9 nitrogen and oxygen atoms in total. The Hall–Kier alpha value is -4.14. The third kappa shape index (κ3) is 4.18. The van der Waals surface area contributed by atoms with Crippen LogP contribution in [0, 0.1) is 0 Å². The number of oxazole rings is 1. The van der Waals surface area contributed by atoms with Gasteiger partial charge in [-0.1, -0.05) is 48.5 Å². The van der Waals surface area contributed by atoms with E-state index < -0.39 is 24.5 Å². The van der Waals surface area contributed by atoms with Crippen LogP contribution in [0.1, 0.15) is 33.3 Å². The summed E-state index contributed by atoms with van der Waals surface area (Å²) in [4.78, 5) is 40.3. The number of likely N-dealkylation sites (N-methyl/N-ethyl adjacent to an activating group) is 1. The summed E-state index contributed by atoms with van der Waals surface area (Å²) >= 11 is 0. The molecular weight excluding hydrogens is 414 g/mol. The Labute approximate surface area is 183 Å². The van der Waals surface area contributed by atoms with Gasteiger partial charge < -0.3 is 24.5 Å². The highest BCUT2D eigenvalue weighted by atomic mass is 16.5. The second-order valence-corrected chi connectivity index (χ2v) is 7.36. The average molecular weight is 435 g/mol. The van der Waals surface area contributed by atoms with Crippen LogP contribution in [-0.4, -0.2) is 53.2 Å². The number of hydrogen-bond donors (Lipinski definition) is 2. The van der Waals surface area contributed by atoms with E-state index in [0.717, 1.165) is 33.5 Å². The molecular formula is C23H21N3O6. The maximum atomic E-state index is 12.3. The third-order valence-electron chi connectivity index (χ3n) is 5.30. The van der Waals surface area contributed by atoms with Gasteiger partial charge in [0, 0.05) is 13.0 Å². The van der Waals surface area contributed by atoms with Crippen molar-refractivity contribution in [2.45, 2.75) is 12.5 Å². The molecule has 0 saturated carbocycles. The van der Waals surface area contributed by atoms with E-state index in [0.29, 0.717) is 0 Å². The van der Waals surface area contributed by atoms with Crippen LogP contribution in [0.25, 0.3) is 11.1 Å². The minimum Gasteiger partial charge on any atom is -0.480 e. The Balaban J connectivity index is 1.37. The van der Waals surface area contributed by atoms with Crippen molar-refractivity contribution in [2.24, 2.45) is 0 Å². The van der Waals surface area contributed by atoms with Crippen molar-refractivity contribution >= 4 is 18.0 Å². The van der Waals surface area contributed by atoms with Gasteiger partial charge in [0.1, 0.15) is 13.2 Å². The van der Waals surface area contributed by atoms with Crippen LogP contribution in [0.2, 0.25) is 0 Å². The van der Waals surface area contributed by atoms with Crippen LogP contribution in [0.4, 0.5) is 4.79 Å². The number of aliphatic carboxylic acids is 1. The number of hydrogen-bond acceptors (Lipinski definition) is 6. The van der Waals surface area contributed by atoms with Gasteiger partial charge in [0.05, 0.1) is 6.54 Å². The van der Waals surface area contributed by atoms with Crippen molar-refractivity contribution in [3.63, 3.8) is 0 Å². The lowest BCUT2D eigenvalue weighted by molar-refractivity contribution is -0.137. The van der Waals surface area contributed by atoms with Crippen LogP contribution < -0.4 is 5.32 Å². The molecule has 9 heteroatoms. The second kappa shape index (κ2) is 8.93. The normalized spacial score (nSPS) is 12.0. The Morgan fingerprint density at radius 2 is 1.72 bits per heavy atom. The van der Waals surface area contributed by atoms with Crippen molar-refractivity contribution in [3.05, 3.63) is 77.5 Å². The van der Waals surface area contributed by atoms with Crippen LogP contribution in [0.5, 0.6) is 0 Å². The summed E-state index contributed by atoms with van der Waals surface area (Å²) in [6.45, 7) is -0.451. The molecule has 1 aliphatic carbocycles. The van der Waals surface area contributed by atoms with Gasteiger partial charge >= 0.3 is 12.1 Å². The number of rotatable bonds is 7. The van der Waals surface area contributed by atoms with Gasteiger partial charge in [-0.3, -0.25) is 9.59 Å². The smallest absolute Gasteiger partial charge is 0.407 e. The van der Waals surface area contributed by atoms with Crippen molar-refractivity contribution in [1.29, 1.82) is 0 Å². The fourth-order valence-electron chi connectivity index (χ4n) is 3.83. The largest absolute Gasteiger partial charge is 0.480 e. The van der Waals surface area contributed by atoms with Crippen molar-refractivity contribution in [3.8, 4) is 11.1 Å². The number of aromatic nitrogens is 1. The number of benzene rings is 2. The summed E-state index contributed by atoms with van der Waals surface area (Å²) in [5.41, 5.74) is 4.41. The first-order chi connectivity index (χ1) is 15.5. The lowest BCUT2D eigenvalue weighted by atomic mass is 9.98. The van der Waals surface area contributed by atoms with E-state index >= 15 is 0 Å². The predicted molar refractivity (Wildman–Crippen MR) is 113 cm³/mol. The number of alkyl carbamates (subject to hydrolysis) is 1. The molecule has 1 heterocycles. The molecule has 3 aromatic rings. The molecule has 2 amide bonds. The molecule has 0 fully saturated rings. The van der Waals surface area contributed by atoms with Crippen LogP contribution in [-0.2, 0) is 16.1 Å². The summed E-state index contributed by atoms with van der Waals surface area (Å²) < 4.78 is 10.6. The second-order valence-electron chi connectivity index (χ2n) is 7.36. The van der Waals surface area contributed by atoms with Crippen molar-refractivity contribution in [2.75, 3.05) is 20.2 Å². The van der Waals surface area contributed by atoms with E-state index in [9.17, 15) is 14.4 Å². The maximum Gasteiger partial charge on any atom is 0.407 e. The quantitative estimate of drug-likeness (QED) is 0.585. The summed E-state index contributed by atoms with van der Waals surface area (Å²) in [5, 5.41) is 11.4. The minimum absolute atomic E-state index is 0.0623. The van der Waals surface area contributed by atoms with E-state index in [-0.39, 0.29) is 30.5 Å². The molecule has 1 aliphatic rings. The number of carbonyl (C=O) groups excluding carboxylic acids is 2. The molecule has 0 bridgehead atoms. The molecule has 0 saturated heterocycles. The Morgan fingerprint density at radius 1 is 1.09 bits per heavy atom. The number of fused-ring (bicyclic) bond motifs is 3. The van der Waals surface area contributed by atoms with Crippen LogP contribution >= 0.6 is 0 Å². The molecule has 32 heavy (non-hydrogen) atoms. The first-order valence-electron chi connectivity index (χ1n) is 9.94. The highest BCUT2D eigenvalue weighted by Gasteiger charge is 2.29. The van der Waals surface area contributed by atoms with E-state index in [1.54, 1.807) is 0 Å². The highest BCUT2D eigenvalue weighted by molar-refractivity contribution is 5.94. The molecule has 2 N–H and O–H groups in total. The number of nitrogens with one attached hydrogen (secondary N) is 1. The van der Waals surface area contributed by atoms with E-state index in [4.69, 9.17) is 14.3 Å². The molecule has 1 aromatic heterocycles. The molecule has 0 aliphatic heterocycles. The average Bonchev–Trinajstić information content (AvgIpc) is 3.38.